The Bertz CT molecular complexity index is 567. The first-order chi connectivity index (χ1) is 10.2. The number of carbonyl (C=O) groups excluding carboxylic acids is 1. The molecule has 1 aromatic heterocycles. The summed E-state index contributed by atoms with van der Waals surface area (Å²) in [6.07, 6.45) is 4.36. The molecular formula is C17H20N2O2. The van der Waals surface area contributed by atoms with Gasteiger partial charge >= 0.3 is 0 Å². The predicted molar refractivity (Wildman–Crippen MR) is 82.5 cm³/mol. The lowest BCUT2D eigenvalue weighted by molar-refractivity contribution is 0.0796. The number of amides is 1. The van der Waals surface area contributed by atoms with Gasteiger partial charge in [-0.2, -0.15) is 0 Å². The second-order valence-electron chi connectivity index (χ2n) is 4.79. The van der Waals surface area contributed by atoms with Crippen molar-refractivity contribution in [2.45, 2.75) is 13.3 Å². The van der Waals surface area contributed by atoms with Gasteiger partial charge in [0.1, 0.15) is 5.75 Å². The van der Waals surface area contributed by atoms with Crippen LogP contribution in [0.5, 0.6) is 5.75 Å². The minimum atomic E-state index is 0.0205. The van der Waals surface area contributed by atoms with Crippen LogP contribution in [0.2, 0.25) is 0 Å². The summed E-state index contributed by atoms with van der Waals surface area (Å²) in [5.74, 6) is 0.806. The lowest BCUT2D eigenvalue weighted by atomic mass is 10.1. The molecule has 0 fully saturated rings. The fourth-order valence-corrected chi connectivity index (χ4v) is 2.03. The lowest BCUT2D eigenvalue weighted by Gasteiger charge is -2.17. The van der Waals surface area contributed by atoms with E-state index in [2.05, 4.69) is 4.98 Å². The van der Waals surface area contributed by atoms with Gasteiger partial charge in [0.15, 0.2) is 0 Å². The number of hydrogen-bond donors (Lipinski definition) is 0. The zero-order chi connectivity index (χ0) is 15.1. The number of ether oxygens (including phenoxy) is 1. The maximum absolute atomic E-state index is 12.3. The first-order valence-electron chi connectivity index (χ1n) is 7.08. The number of aromatic nitrogens is 1. The van der Waals surface area contributed by atoms with Crippen molar-refractivity contribution in [1.29, 1.82) is 0 Å². The maximum atomic E-state index is 12.3. The molecule has 0 spiro atoms. The molecule has 2 aromatic rings. The van der Waals surface area contributed by atoms with Gasteiger partial charge in [-0.1, -0.05) is 0 Å². The van der Waals surface area contributed by atoms with Crippen molar-refractivity contribution in [2.75, 3.05) is 20.2 Å². The van der Waals surface area contributed by atoms with Gasteiger partial charge in [-0.15, -0.1) is 0 Å². The Morgan fingerprint density at radius 3 is 2.43 bits per heavy atom. The number of rotatable bonds is 6. The molecule has 0 saturated carbocycles. The summed E-state index contributed by atoms with van der Waals surface area (Å²) in [5.41, 5.74) is 1.85. The van der Waals surface area contributed by atoms with Gasteiger partial charge in [0, 0.05) is 31.5 Å². The molecule has 1 heterocycles. The molecular weight excluding hydrogens is 264 g/mol. The van der Waals surface area contributed by atoms with Gasteiger partial charge < -0.3 is 9.64 Å². The molecule has 0 aliphatic heterocycles. The van der Waals surface area contributed by atoms with Crippen molar-refractivity contribution in [3.8, 4) is 5.75 Å². The number of hydrogen-bond acceptors (Lipinski definition) is 3. The standard InChI is InChI=1S/C17H20N2O2/c1-3-21-16-6-4-15(5-7-16)17(20)19(2)13-10-14-8-11-18-12-9-14/h4-9,11-12H,3,10,13H2,1-2H3. The summed E-state index contributed by atoms with van der Waals surface area (Å²) in [5, 5.41) is 0. The molecule has 0 atom stereocenters. The number of nitrogens with zero attached hydrogens (tertiary/aromatic N) is 2. The minimum Gasteiger partial charge on any atom is -0.494 e. The first-order valence-corrected chi connectivity index (χ1v) is 7.08. The second-order valence-corrected chi connectivity index (χ2v) is 4.79. The topological polar surface area (TPSA) is 42.4 Å². The molecule has 0 saturated heterocycles. The van der Waals surface area contributed by atoms with E-state index in [9.17, 15) is 4.79 Å². The Labute approximate surface area is 125 Å². The van der Waals surface area contributed by atoms with Crippen LogP contribution in [0.1, 0.15) is 22.8 Å². The van der Waals surface area contributed by atoms with E-state index in [1.807, 2.05) is 38.2 Å². The maximum Gasteiger partial charge on any atom is 0.253 e. The summed E-state index contributed by atoms with van der Waals surface area (Å²) in [4.78, 5) is 18.0. The molecule has 0 N–H and O–H groups in total. The summed E-state index contributed by atoms with van der Waals surface area (Å²) < 4.78 is 5.38. The van der Waals surface area contributed by atoms with E-state index < -0.39 is 0 Å². The van der Waals surface area contributed by atoms with E-state index in [-0.39, 0.29) is 5.91 Å². The quantitative estimate of drug-likeness (QED) is 0.819. The normalized spacial score (nSPS) is 10.2. The average Bonchev–Trinajstić information content (AvgIpc) is 2.54. The molecule has 0 aliphatic rings. The van der Waals surface area contributed by atoms with E-state index >= 15 is 0 Å². The molecule has 0 bridgehead atoms. The molecule has 0 radical (unpaired) electrons. The SMILES string of the molecule is CCOc1ccc(C(=O)N(C)CCc2ccncc2)cc1. The Kier molecular flexibility index (Phi) is 5.32. The number of benzene rings is 1. The molecule has 1 aromatic carbocycles. The molecule has 0 aliphatic carbocycles. The first kappa shape index (κ1) is 15.0. The molecule has 2 rings (SSSR count). The Hall–Kier alpha value is -2.36. The van der Waals surface area contributed by atoms with Crippen LogP contribution in [0.15, 0.2) is 48.8 Å². The summed E-state index contributed by atoms with van der Waals surface area (Å²) in [6.45, 7) is 3.24. The highest BCUT2D eigenvalue weighted by Crippen LogP contribution is 2.13. The summed E-state index contributed by atoms with van der Waals surface area (Å²) >= 11 is 0. The van der Waals surface area contributed by atoms with Gasteiger partial charge in [0.25, 0.3) is 5.91 Å². The summed E-state index contributed by atoms with van der Waals surface area (Å²) in [7, 11) is 1.82. The smallest absolute Gasteiger partial charge is 0.253 e. The van der Waals surface area contributed by atoms with Gasteiger partial charge in [0.05, 0.1) is 6.61 Å². The van der Waals surface area contributed by atoms with Crippen LogP contribution in [0.25, 0.3) is 0 Å². The van der Waals surface area contributed by atoms with Gasteiger partial charge in [0.2, 0.25) is 0 Å². The second kappa shape index (κ2) is 7.43. The Balaban J connectivity index is 1.92. The third-order valence-electron chi connectivity index (χ3n) is 3.24. The number of carbonyl (C=O) groups is 1. The molecule has 21 heavy (non-hydrogen) atoms. The van der Waals surface area contributed by atoms with Crippen molar-refractivity contribution < 1.29 is 9.53 Å². The van der Waals surface area contributed by atoms with Gasteiger partial charge in [-0.25, -0.2) is 0 Å². The zero-order valence-corrected chi connectivity index (χ0v) is 12.5. The Morgan fingerprint density at radius 2 is 1.81 bits per heavy atom. The van der Waals surface area contributed by atoms with Crippen LogP contribution >= 0.6 is 0 Å². The van der Waals surface area contributed by atoms with E-state index in [0.29, 0.717) is 18.7 Å². The van der Waals surface area contributed by atoms with Gasteiger partial charge in [-0.3, -0.25) is 9.78 Å². The van der Waals surface area contributed by atoms with Gasteiger partial charge in [-0.05, 0) is 55.3 Å². The van der Waals surface area contributed by atoms with E-state index in [1.54, 1.807) is 29.4 Å². The highest BCUT2D eigenvalue weighted by molar-refractivity contribution is 5.94. The number of likely N-dealkylation sites (N-methyl/N-ethyl adjacent to an activating group) is 1. The summed E-state index contributed by atoms with van der Waals surface area (Å²) in [6, 6.07) is 11.2. The van der Waals surface area contributed by atoms with Crippen molar-refractivity contribution in [3.05, 3.63) is 59.9 Å². The van der Waals surface area contributed by atoms with Crippen LogP contribution in [0, 0.1) is 0 Å². The third-order valence-corrected chi connectivity index (χ3v) is 3.24. The van der Waals surface area contributed by atoms with Crippen molar-refractivity contribution in [1.82, 2.24) is 9.88 Å². The van der Waals surface area contributed by atoms with E-state index in [4.69, 9.17) is 4.74 Å². The Morgan fingerprint density at radius 1 is 1.14 bits per heavy atom. The van der Waals surface area contributed by atoms with Crippen LogP contribution in [-0.2, 0) is 6.42 Å². The van der Waals surface area contributed by atoms with Crippen LogP contribution in [0.4, 0.5) is 0 Å². The van der Waals surface area contributed by atoms with Crippen LogP contribution < -0.4 is 4.74 Å². The molecule has 4 nitrogen and oxygen atoms in total. The molecule has 0 unspecified atom stereocenters. The van der Waals surface area contributed by atoms with E-state index in [0.717, 1.165) is 12.2 Å². The van der Waals surface area contributed by atoms with Crippen LogP contribution in [-0.4, -0.2) is 36.0 Å². The fraction of sp³-hybridized carbons (Fsp3) is 0.294. The predicted octanol–water partition coefficient (Wildman–Crippen LogP) is 2.80. The number of pyridine rings is 1. The highest BCUT2D eigenvalue weighted by atomic mass is 16.5. The average molecular weight is 284 g/mol. The zero-order valence-electron chi connectivity index (χ0n) is 12.5. The van der Waals surface area contributed by atoms with Crippen molar-refractivity contribution >= 4 is 5.91 Å². The van der Waals surface area contributed by atoms with E-state index in [1.165, 1.54) is 5.56 Å². The largest absolute Gasteiger partial charge is 0.494 e. The third kappa shape index (κ3) is 4.31. The fourth-order valence-electron chi connectivity index (χ4n) is 2.03. The van der Waals surface area contributed by atoms with Crippen molar-refractivity contribution in [3.63, 3.8) is 0 Å². The minimum absolute atomic E-state index is 0.0205. The highest BCUT2D eigenvalue weighted by Gasteiger charge is 2.11. The lowest BCUT2D eigenvalue weighted by Crippen LogP contribution is -2.28. The van der Waals surface area contributed by atoms with Crippen LogP contribution in [0.3, 0.4) is 0 Å². The molecule has 110 valence electrons. The monoisotopic (exact) mass is 284 g/mol. The van der Waals surface area contributed by atoms with Crippen molar-refractivity contribution in [2.24, 2.45) is 0 Å². The molecule has 1 amide bonds. The molecule has 4 heteroatoms.